The fourth-order valence-corrected chi connectivity index (χ4v) is 3.96. The Balaban J connectivity index is 2.27. The van der Waals surface area contributed by atoms with E-state index in [-0.39, 0.29) is 13.2 Å². The summed E-state index contributed by atoms with van der Waals surface area (Å²) in [4.78, 5) is 25.3. The van der Waals surface area contributed by atoms with E-state index in [2.05, 4.69) is 4.98 Å². The number of nitrogens with one attached hydrogen (secondary N) is 1. The molecular weight excluding hydrogens is 367 g/mol. The molecule has 1 aromatic rings. The fourth-order valence-electron chi connectivity index (χ4n) is 2.61. The number of aromatic amines is 1. The number of hydrogen-bond donors (Lipinski definition) is 2. The van der Waals surface area contributed by atoms with E-state index in [4.69, 9.17) is 18.5 Å². The molecule has 146 valence electrons. The highest BCUT2D eigenvalue weighted by Crippen LogP contribution is 2.50. The largest absolute Gasteiger partial charge is 0.387 e. The molecule has 0 bridgehead atoms. The summed E-state index contributed by atoms with van der Waals surface area (Å²) in [5.41, 5.74) is -1.25. The van der Waals surface area contributed by atoms with Crippen LogP contribution in [0.1, 0.15) is 20.1 Å². The third-order valence-corrected chi connectivity index (χ3v) is 5.50. The van der Waals surface area contributed by atoms with E-state index in [0.29, 0.717) is 0 Å². The third kappa shape index (κ3) is 4.59. The van der Waals surface area contributed by atoms with E-state index >= 15 is 0 Å². The van der Waals surface area contributed by atoms with Gasteiger partial charge >= 0.3 is 13.3 Å². The molecule has 1 aliphatic rings. The van der Waals surface area contributed by atoms with Crippen molar-refractivity contribution in [3.05, 3.63) is 45.0 Å². The van der Waals surface area contributed by atoms with E-state index in [0.717, 1.165) is 10.6 Å². The van der Waals surface area contributed by atoms with Gasteiger partial charge in [-0.2, -0.15) is 0 Å². The lowest BCUT2D eigenvalue weighted by Crippen LogP contribution is -2.38. The van der Waals surface area contributed by atoms with Gasteiger partial charge in [0.1, 0.15) is 18.3 Å². The maximum Gasteiger partial charge on any atom is 0.353 e. The van der Waals surface area contributed by atoms with Crippen LogP contribution >= 0.6 is 7.60 Å². The molecule has 1 fully saturated rings. The monoisotopic (exact) mass is 390 g/mol. The highest BCUT2D eigenvalue weighted by molar-refractivity contribution is 7.57. The summed E-state index contributed by atoms with van der Waals surface area (Å²) in [6.07, 6.45) is -1.31. The third-order valence-electron chi connectivity index (χ3n) is 3.72. The van der Waals surface area contributed by atoms with Crippen LogP contribution < -0.4 is 11.2 Å². The topological polar surface area (TPSA) is 129 Å². The number of H-pyrrole nitrogens is 1. The van der Waals surface area contributed by atoms with Crippen molar-refractivity contribution in [2.45, 2.75) is 38.4 Å². The Labute approximate surface area is 149 Å². The van der Waals surface area contributed by atoms with Crippen LogP contribution in [-0.2, 0) is 23.1 Å². The minimum atomic E-state index is -3.46. The zero-order chi connectivity index (χ0) is 19.3. The number of aliphatic hydroxyl groups is 1. The van der Waals surface area contributed by atoms with Crippen LogP contribution in [0.15, 0.2) is 33.7 Å². The number of rotatable bonds is 8. The van der Waals surface area contributed by atoms with Gasteiger partial charge in [0.25, 0.3) is 5.56 Å². The summed E-state index contributed by atoms with van der Waals surface area (Å²) in [6.45, 7) is 3.73. The van der Waals surface area contributed by atoms with Crippen molar-refractivity contribution in [1.29, 1.82) is 0 Å². The molecule has 0 spiro atoms. The molecule has 11 heteroatoms. The summed E-state index contributed by atoms with van der Waals surface area (Å²) >= 11 is 0. The van der Waals surface area contributed by atoms with Gasteiger partial charge in [-0.05, 0) is 19.9 Å². The van der Waals surface area contributed by atoms with Gasteiger partial charge in [-0.1, -0.05) is 0 Å². The second-order valence-electron chi connectivity index (χ2n) is 5.42. The maximum atomic E-state index is 12.5. The molecule has 1 saturated heterocycles. The van der Waals surface area contributed by atoms with Gasteiger partial charge in [-0.25, -0.2) is 4.79 Å². The van der Waals surface area contributed by atoms with Gasteiger partial charge in [0.2, 0.25) is 0 Å². The van der Waals surface area contributed by atoms with Gasteiger partial charge in [0.05, 0.1) is 13.2 Å². The second-order valence-corrected chi connectivity index (χ2v) is 7.31. The average Bonchev–Trinajstić information content (AvgIpc) is 2.89. The number of nitrogens with zero attached hydrogens (tertiary/aromatic N) is 1. The van der Waals surface area contributed by atoms with Crippen molar-refractivity contribution in [1.82, 2.24) is 9.55 Å². The molecule has 0 amide bonds. The normalized spacial score (nSPS) is 26.6. The van der Waals surface area contributed by atoms with Crippen molar-refractivity contribution in [3.8, 4) is 0 Å². The zero-order valence-corrected chi connectivity index (χ0v) is 15.6. The Bertz CT molecular complexity index is 778. The minimum absolute atomic E-state index is 0.186. The smallest absolute Gasteiger partial charge is 0.353 e. The van der Waals surface area contributed by atoms with Gasteiger partial charge in [0.15, 0.2) is 6.23 Å². The molecule has 4 atom stereocenters. The maximum absolute atomic E-state index is 12.5. The lowest BCUT2D eigenvalue weighted by atomic mass is 10.1. The Hall–Kier alpha value is -1.55. The Morgan fingerprint density at radius 1 is 1.35 bits per heavy atom. The molecule has 2 rings (SSSR count). The summed E-state index contributed by atoms with van der Waals surface area (Å²) in [5, 5.41) is 10.4. The lowest BCUT2D eigenvalue weighted by Gasteiger charge is -2.19. The van der Waals surface area contributed by atoms with Crippen LogP contribution in [0.5, 0.6) is 0 Å². The Morgan fingerprint density at radius 3 is 2.54 bits per heavy atom. The van der Waals surface area contributed by atoms with E-state index in [9.17, 15) is 19.3 Å². The van der Waals surface area contributed by atoms with Crippen molar-refractivity contribution in [2.75, 3.05) is 20.3 Å². The number of aliphatic hydroxyl groups excluding tert-OH is 1. The van der Waals surface area contributed by atoms with Gasteiger partial charge in [-0.15, -0.1) is 0 Å². The van der Waals surface area contributed by atoms with Crippen molar-refractivity contribution >= 4 is 7.60 Å². The van der Waals surface area contributed by atoms with Crippen LogP contribution in [0, 0.1) is 0 Å². The quantitative estimate of drug-likeness (QED) is 0.617. The standard InChI is InChI=1S/C15H23N2O8P/c1-4-23-26(21,24-5-2)9-7-10-12(19)13(22-3)14(25-10)17-8-6-11(18)16-15(17)20/h6-10,12-14,19H,4-5H2,1-3H3,(H,16,18,20)/b9-7+/t10-,12-,13+,14-/m1/s1. The average molecular weight is 390 g/mol. The van der Waals surface area contributed by atoms with Crippen LogP contribution in [-0.4, -0.2) is 53.3 Å². The van der Waals surface area contributed by atoms with Crippen molar-refractivity contribution in [3.63, 3.8) is 0 Å². The highest BCUT2D eigenvalue weighted by Gasteiger charge is 2.44. The fraction of sp³-hybridized carbons (Fsp3) is 0.600. The Morgan fingerprint density at radius 2 is 2.00 bits per heavy atom. The molecular formula is C15H23N2O8P. The zero-order valence-electron chi connectivity index (χ0n) is 14.7. The predicted octanol–water partition coefficient (Wildman–Crippen LogP) is 0.590. The van der Waals surface area contributed by atoms with Crippen LogP contribution in [0.25, 0.3) is 0 Å². The van der Waals surface area contributed by atoms with E-state index in [1.807, 2.05) is 0 Å². The first-order valence-corrected chi connectivity index (χ1v) is 9.72. The molecule has 0 radical (unpaired) electrons. The summed E-state index contributed by atoms with van der Waals surface area (Å²) < 4.78 is 34.8. The molecule has 0 aromatic carbocycles. The van der Waals surface area contributed by atoms with Gasteiger partial charge in [-0.3, -0.25) is 18.9 Å². The first-order valence-electron chi connectivity index (χ1n) is 8.11. The molecule has 1 aliphatic heterocycles. The molecule has 10 nitrogen and oxygen atoms in total. The molecule has 1 aromatic heterocycles. The van der Waals surface area contributed by atoms with E-state index in [1.54, 1.807) is 13.8 Å². The summed E-state index contributed by atoms with van der Waals surface area (Å²) in [5.74, 6) is 1.22. The molecule has 2 N–H and O–H groups in total. The van der Waals surface area contributed by atoms with E-state index < -0.39 is 43.4 Å². The molecule has 0 unspecified atom stereocenters. The summed E-state index contributed by atoms with van der Waals surface area (Å²) in [6, 6.07) is 1.16. The van der Waals surface area contributed by atoms with E-state index in [1.165, 1.54) is 25.2 Å². The number of ether oxygens (including phenoxy) is 2. The molecule has 26 heavy (non-hydrogen) atoms. The lowest BCUT2D eigenvalue weighted by molar-refractivity contribution is -0.0491. The molecule has 0 saturated carbocycles. The Kier molecular flexibility index (Phi) is 7.10. The van der Waals surface area contributed by atoms with Crippen molar-refractivity contribution < 1.29 is 28.2 Å². The first-order chi connectivity index (χ1) is 12.3. The molecule has 0 aliphatic carbocycles. The number of hydrogen-bond acceptors (Lipinski definition) is 8. The molecule has 2 heterocycles. The second kappa shape index (κ2) is 8.90. The predicted molar refractivity (Wildman–Crippen MR) is 92.0 cm³/mol. The van der Waals surface area contributed by atoms with Gasteiger partial charge < -0.3 is 23.6 Å². The van der Waals surface area contributed by atoms with Crippen LogP contribution in [0.3, 0.4) is 0 Å². The SMILES string of the molecule is CCOP(=O)(/C=C/[C@H]1O[C@@H](n2ccc(=O)[nH]c2=O)[C@@H](OC)[C@@H]1O)OCC. The number of methoxy groups -OCH3 is 1. The first kappa shape index (κ1) is 20.8. The van der Waals surface area contributed by atoms with Crippen LogP contribution in [0.2, 0.25) is 0 Å². The van der Waals surface area contributed by atoms with Crippen LogP contribution in [0.4, 0.5) is 0 Å². The number of aromatic nitrogens is 2. The minimum Gasteiger partial charge on any atom is -0.387 e. The van der Waals surface area contributed by atoms with Crippen molar-refractivity contribution in [2.24, 2.45) is 0 Å². The van der Waals surface area contributed by atoms with Gasteiger partial charge in [0, 0.05) is 25.2 Å². The highest BCUT2D eigenvalue weighted by atomic mass is 31.2. The summed E-state index contributed by atoms with van der Waals surface area (Å²) in [7, 11) is -2.10.